The van der Waals surface area contributed by atoms with E-state index in [0.717, 1.165) is 12.8 Å². The number of amidine groups is 1. The predicted molar refractivity (Wildman–Crippen MR) is 59.0 cm³/mol. The van der Waals surface area contributed by atoms with Gasteiger partial charge in [0.15, 0.2) is 0 Å². The van der Waals surface area contributed by atoms with Gasteiger partial charge in [-0.2, -0.15) is 4.99 Å². The minimum Gasteiger partial charge on any atom is -0.385 e. The van der Waals surface area contributed by atoms with Gasteiger partial charge in [-0.15, -0.1) is 0 Å². The van der Waals surface area contributed by atoms with Crippen LogP contribution >= 0.6 is 0 Å². The SMILES string of the molecule is CCN1C(=O)N=C(N)C1CC(=O)NC1CC1. The van der Waals surface area contributed by atoms with Crippen molar-refractivity contribution in [2.24, 2.45) is 10.7 Å². The summed E-state index contributed by atoms with van der Waals surface area (Å²) in [6.07, 6.45) is 2.32. The van der Waals surface area contributed by atoms with Crippen molar-refractivity contribution < 1.29 is 9.59 Å². The summed E-state index contributed by atoms with van der Waals surface area (Å²) in [5, 5.41) is 2.87. The van der Waals surface area contributed by atoms with E-state index < -0.39 is 0 Å². The highest BCUT2D eigenvalue weighted by molar-refractivity contribution is 6.04. The van der Waals surface area contributed by atoms with Crippen LogP contribution in [-0.4, -0.2) is 41.3 Å². The fourth-order valence-corrected chi connectivity index (χ4v) is 1.80. The molecule has 2 aliphatic rings. The van der Waals surface area contributed by atoms with Gasteiger partial charge >= 0.3 is 6.03 Å². The summed E-state index contributed by atoms with van der Waals surface area (Å²) in [4.78, 5) is 28.2. The largest absolute Gasteiger partial charge is 0.385 e. The first kappa shape index (κ1) is 10.9. The highest BCUT2D eigenvalue weighted by Crippen LogP contribution is 2.20. The minimum atomic E-state index is -0.365. The minimum absolute atomic E-state index is 0.0567. The second-order valence-corrected chi connectivity index (χ2v) is 4.17. The Labute approximate surface area is 93.9 Å². The van der Waals surface area contributed by atoms with Crippen molar-refractivity contribution in [3.05, 3.63) is 0 Å². The molecule has 0 aromatic heterocycles. The van der Waals surface area contributed by atoms with Crippen molar-refractivity contribution in [2.75, 3.05) is 6.54 Å². The van der Waals surface area contributed by atoms with E-state index in [9.17, 15) is 9.59 Å². The van der Waals surface area contributed by atoms with Gasteiger partial charge in [-0.1, -0.05) is 0 Å². The van der Waals surface area contributed by atoms with Crippen molar-refractivity contribution in [3.8, 4) is 0 Å². The molecular weight excluding hydrogens is 208 g/mol. The van der Waals surface area contributed by atoms with E-state index in [-0.39, 0.29) is 30.2 Å². The highest BCUT2D eigenvalue weighted by atomic mass is 16.2. The highest BCUT2D eigenvalue weighted by Gasteiger charge is 2.34. The van der Waals surface area contributed by atoms with Crippen LogP contribution in [-0.2, 0) is 4.79 Å². The van der Waals surface area contributed by atoms with Gasteiger partial charge < -0.3 is 16.0 Å². The quantitative estimate of drug-likeness (QED) is 0.695. The lowest BCUT2D eigenvalue weighted by molar-refractivity contribution is -0.121. The zero-order valence-corrected chi connectivity index (χ0v) is 9.27. The molecule has 1 saturated carbocycles. The third kappa shape index (κ3) is 2.15. The van der Waals surface area contributed by atoms with Gasteiger partial charge in [-0.25, -0.2) is 4.79 Å². The fraction of sp³-hybridized carbons (Fsp3) is 0.700. The number of nitrogens with zero attached hydrogens (tertiary/aromatic N) is 2. The van der Waals surface area contributed by atoms with Crippen LogP contribution in [0.2, 0.25) is 0 Å². The maximum Gasteiger partial charge on any atom is 0.345 e. The summed E-state index contributed by atoms with van der Waals surface area (Å²) in [6, 6.07) is -0.377. The van der Waals surface area contributed by atoms with Crippen LogP contribution in [0.1, 0.15) is 26.2 Å². The Balaban J connectivity index is 1.93. The smallest absolute Gasteiger partial charge is 0.345 e. The third-order valence-electron chi connectivity index (χ3n) is 2.85. The zero-order chi connectivity index (χ0) is 11.7. The van der Waals surface area contributed by atoms with Crippen LogP contribution in [0.25, 0.3) is 0 Å². The number of amides is 3. The summed E-state index contributed by atoms with van der Waals surface area (Å²) in [7, 11) is 0. The molecule has 1 atom stereocenters. The van der Waals surface area contributed by atoms with Crippen molar-refractivity contribution in [2.45, 2.75) is 38.3 Å². The Kier molecular flexibility index (Phi) is 2.80. The molecule has 0 aromatic rings. The first-order valence-corrected chi connectivity index (χ1v) is 5.55. The van der Waals surface area contributed by atoms with Crippen molar-refractivity contribution in [3.63, 3.8) is 0 Å². The van der Waals surface area contributed by atoms with E-state index in [1.54, 1.807) is 0 Å². The summed E-state index contributed by atoms with van der Waals surface area (Å²) < 4.78 is 0. The summed E-state index contributed by atoms with van der Waals surface area (Å²) in [5.74, 6) is 0.191. The van der Waals surface area contributed by atoms with Crippen molar-refractivity contribution in [1.82, 2.24) is 10.2 Å². The van der Waals surface area contributed by atoms with Gasteiger partial charge in [0.2, 0.25) is 5.91 Å². The molecule has 0 spiro atoms. The first-order chi connectivity index (χ1) is 7.61. The fourth-order valence-electron chi connectivity index (χ4n) is 1.80. The number of hydrogen-bond donors (Lipinski definition) is 2. The molecule has 0 radical (unpaired) electrons. The molecule has 88 valence electrons. The number of carbonyl (C=O) groups excluding carboxylic acids is 2. The Bertz CT molecular complexity index is 349. The molecular formula is C10H16N4O2. The molecule has 1 unspecified atom stereocenters. The normalized spacial score (nSPS) is 24.6. The molecule has 6 heteroatoms. The Morgan fingerprint density at radius 1 is 1.62 bits per heavy atom. The Hall–Kier alpha value is -1.59. The number of carbonyl (C=O) groups is 2. The molecule has 0 bridgehead atoms. The van der Waals surface area contributed by atoms with E-state index in [1.165, 1.54) is 4.90 Å². The molecule has 1 aliphatic carbocycles. The van der Waals surface area contributed by atoms with E-state index >= 15 is 0 Å². The molecule has 3 N–H and O–H groups in total. The van der Waals surface area contributed by atoms with Crippen LogP contribution in [0, 0.1) is 0 Å². The molecule has 1 aliphatic heterocycles. The van der Waals surface area contributed by atoms with Crippen LogP contribution < -0.4 is 11.1 Å². The Morgan fingerprint density at radius 2 is 2.31 bits per heavy atom. The standard InChI is InChI=1S/C10H16N4O2/c1-2-14-7(9(11)13-10(14)16)5-8(15)12-6-3-4-6/h6-7H,2-5H2,1H3,(H,12,15)(H2,11,13,16). The van der Waals surface area contributed by atoms with E-state index in [0.29, 0.717) is 12.6 Å². The van der Waals surface area contributed by atoms with Gasteiger partial charge in [0, 0.05) is 12.6 Å². The topological polar surface area (TPSA) is 87.8 Å². The molecule has 0 aromatic carbocycles. The summed E-state index contributed by atoms with van der Waals surface area (Å²) in [5.41, 5.74) is 5.64. The van der Waals surface area contributed by atoms with E-state index in [4.69, 9.17) is 5.73 Å². The number of nitrogens with one attached hydrogen (secondary N) is 1. The summed E-state index contributed by atoms with van der Waals surface area (Å²) >= 11 is 0. The maximum absolute atomic E-state index is 11.6. The molecule has 16 heavy (non-hydrogen) atoms. The number of aliphatic imine (C=N–C) groups is 1. The lowest BCUT2D eigenvalue weighted by atomic mass is 10.1. The van der Waals surface area contributed by atoms with E-state index in [2.05, 4.69) is 10.3 Å². The van der Waals surface area contributed by atoms with Crippen LogP contribution in [0.4, 0.5) is 4.79 Å². The average Bonchev–Trinajstić information content (AvgIpc) is 2.96. The number of likely N-dealkylation sites (N-methyl/N-ethyl adjacent to an activating group) is 1. The van der Waals surface area contributed by atoms with Gasteiger partial charge in [-0.05, 0) is 19.8 Å². The predicted octanol–water partition coefficient (Wildman–Crippen LogP) is -0.164. The number of rotatable bonds is 4. The van der Waals surface area contributed by atoms with Crippen molar-refractivity contribution >= 4 is 17.8 Å². The second kappa shape index (κ2) is 4.11. The van der Waals surface area contributed by atoms with Crippen LogP contribution in [0.15, 0.2) is 4.99 Å². The van der Waals surface area contributed by atoms with Gasteiger partial charge in [-0.3, -0.25) is 4.79 Å². The monoisotopic (exact) mass is 224 g/mol. The lowest BCUT2D eigenvalue weighted by Crippen LogP contribution is -2.44. The number of hydrogen-bond acceptors (Lipinski definition) is 3. The molecule has 1 fully saturated rings. The second-order valence-electron chi connectivity index (χ2n) is 4.17. The first-order valence-electron chi connectivity index (χ1n) is 5.55. The number of nitrogens with two attached hydrogens (primary N) is 1. The molecule has 6 nitrogen and oxygen atoms in total. The van der Waals surface area contributed by atoms with Crippen LogP contribution in [0.3, 0.4) is 0 Å². The third-order valence-corrected chi connectivity index (χ3v) is 2.85. The van der Waals surface area contributed by atoms with E-state index in [1.807, 2.05) is 6.92 Å². The van der Waals surface area contributed by atoms with Crippen molar-refractivity contribution in [1.29, 1.82) is 0 Å². The number of urea groups is 1. The molecule has 3 amide bonds. The van der Waals surface area contributed by atoms with Crippen LogP contribution in [0.5, 0.6) is 0 Å². The summed E-state index contributed by atoms with van der Waals surface area (Å²) in [6.45, 7) is 2.36. The van der Waals surface area contributed by atoms with Gasteiger partial charge in [0.1, 0.15) is 5.84 Å². The van der Waals surface area contributed by atoms with Gasteiger partial charge in [0.25, 0.3) is 0 Å². The maximum atomic E-state index is 11.6. The molecule has 1 heterocycles. The average molecular weight is 224 g/mol. The lowest BCUT2D eigenvalue weighted by Gasteiger charge is -2.21. The molecule has 0 saturated heterocycles. The zero-order valence-electron chi connectivity index (χ0n) is 9.27. The molecule has 2 rings (SSSR count). The van der Waals surface area contributed by atoms with Gasteiger partial charge in [0.05, 0.1) is 12.5 Å². The Morgan fingerprint density at radius 3 is 2.88 bits per heavy atom.